The summed E-state index contributed by atoms with van der Waals surface area (Å²) in [6.45, 7) is 1.90. The molecule has 0 spiro atoms. The molecule has 2 aromatic carbocycles. The average molecular weight is 391 g/mol. The summed E-state index contributed by atoms with van der Waals surface area (Å²) in [5.74, 6) is -1.62. The summed E-state index contributed by atoms with van der Waals surface area (Å²) in [5.41, 5.74) is 6.65. The van der Waals surface area contributed by atoms with Crippen LogP contribution in [0.1, 0.15) is 19.8 Å². The minimum absolute atomic E-state index is 0.0490. The number of hydrogen-bond donors (Lipinski definition) is 3. The number of sulfonamides is 1. The fraction of sp³-hybridized carbons (Fsp3) is 0.222. The van der Waals surface area contributed by atoms with Crippen LogP contribution in [0.15, 0.2) is 53.4 Å². The molecular formula is C18H21N3O5S. The Balaban J connectivity index is 2.33. The van der Waals surface area contributed by atoms with Crippen molar-refractivity contribution in [1.29, 1.82) is 0 Å². The molecule has 0 aliphatic heterocycles. The number of hydrogen-bond acceptors (Lipinski definition) is 5. The highest BCUT2D eigenvalue weighted by atomic mass is 32.2. The number of para-hydroxylation sites is 1. The van der Waals surface area contributed by atoms with Gasteiger partial charge >= 0.3 is 5.97 Å². The zero-order valence-corrected chi connectivity index (χ0v) is 15.6. The van der Waals surface area contributed by atoms with E-state index in [2.05, 4.69) is 5.32 Å². The van der Waals surface area contributed by atoms with Crippen LogP contribution in [0.3, 0.4) is 0 Å². The van der Waals surface area contributed by atoms with Gasteiger partial charge in [-0.2, -0.15) is 0 Å². The predicted octanol–water partition coefficient (Wildman–Crippen LogP) is 2.29. The Labute approximate surface area is 157 Å². The molecule has 2 rings (SSSR count). The summed E-state index contributed by atoms with van der Waals surface area (Å²) < 4.78 is 27.4. The third kappa shape index (κ3) is 4.98. The number of benzene rings is 2. The third-order valence-electron chi connectivity index (χ3n) is 3.76. The number of carbonyl (C=O) groups excluding carboxylic acids is 1. The van der Waals surface area contributed by atoms with Gasteiger partial charge in [0.15, 0.2) is 0 Å². The van der Waals surface area contributed by atoms with E-state index in [1.807, 2.05) is 0 Å². The van der Waals surface area contributed by atoms with Crippen molar-refractivity contribution in [2.24, 2.45) is 0 Å². The highest BCUT2D eigenvalue weighted by molar-refractivity contribution is 7.93. The summed E-state index contributed by atoms with van der Waals surface area (Å²) >= 11 is 0. The van der Waals surface area contributed by atoms with Crippen molar-refractivity contribution in [2.45, 2.75) is 24.7 Å². The smallest absolute Gasteiger partial charge is 0.303 e. The van der Waals surface area contributed by atoms with Gasteiger partial charge in [0.25, 0.3) is 10.0 Å². The molecule has 144 valence electrons. The van der Waals surface area contributed by atoms with Gasteiger partial charge in [0.05, 0.1) is 17.8 Å². The van der Waals surface area contributed by atoms with Crippen LogP contribution < -0.4 is 15.4 Å². The molecule has 0 heterocycles. The van der Waals surface area contributed by atoms with Crippen LogP contribution in [-0.2, 0) is 19.6 Å². The minimum Gasteiger partial charge on any atom is -0.481 e. The van der Waals surface area contributed by atoms with E-state index in [-0.39, 0.29) is 35.7 Å². The standard InChI is InChI=1S/C18H21N3O5S/c1-2-21(14-6-4-3-5-7-14)27(25,26)16-12-13(8-9-15(16)19)20-17(22)10-11-18(23)24/h3-9,12H,2,10-11,19H2,1H3,(H,20,22)(H,23,24). The van der Waals surface area contributed by atoms with Gasteiger partial charge in [-0.1, -0.05) is 18.2 Å². The van der Waals surface area contributed by atoms with E-state index in [0.717, 1.165) is 0 Å². The maximum Gasteiger partial charge on any atom is 0.303 e. The second kappa shape index (κ2) is 8.54. The molecule has 0 bridgehead atoms. The van der Waals surface area contributed by atoms with Crippen LogP contribution in [0.2, 0.25) is 0 Å². The zero-order valence-electron chi connectivity index (χ0n) is 14.8. The molecule has 8 nitrogen and oxygen atoms in total. The van der Waals surface area contributed by atoms with Crippen LogP contribution in [0, 0.1) is 0 Å². The number of carboxylic acid groups (broad SMARTS) is 1. The van der Waals surface area contributed by atoms with Crippen molar-refractivity contribution in [3.63, 3.8) is 0 Å². The topological polar surface area (TPSA) is 130 Å². The molecule has 27 heavy (non-hydrogen) atoms. The van der Waals surface area contributed by atoms with Crippen LogP contribution in [-0.4, -0.2) is 31.9 Å². The number of nitrogens with two attached hydrogens (primary N) is 1. The molecule has 0 aliphatic carbocycles. The number of nitrogen functional groups attached to an aromatic ring is 1. The van der Waals surface area contributed by atoms with Crippen molar-refractivity contribution < 1.29 is 23.1 Å². The monoisotopic (exact) mass is 391 g/mol. The lowest BCUT2D eigenvalue weighted by molar-refractivity contribution is -0.138. The number of anilines is 3. The lowest BCUT2D eigenvalue weighted by Crippen LogP contribution is -2.31. The van der Waals surface area contributed by atoms with Crippen molar-refractivity contribution in [3.8, 4) is 0 Å². The Morgan fingerprint density at radius 3 is 2.37 bits per heavy atom. The molecule has 4 N–H and O–H groups in total. The summed E-state index contributed by atoms with van der Waals surface area (Å²) in [5, 5.41) is 11.1. The Kier molecular flexibility index (Phi) is 6.40. The van der Waals surface area contributed by atoms with Crippen LogP contribution in [0.5, 0.6) is 0 Å². The van der Waals surface area contributed by atoms with E-state index in [4.69, 9.17) is 10.8 Å². The van der Waals surface area contributed by atoms with E-state index >= 15 is 0 Å². The Bertz CT molecular complexity index is 929. The van der Waals surface area contributed by atoms with Crippen LogP contribution >= 0.6 is 0 Å². The van der Waals surface area contributed by atoms with Crippen LogP contribution in [0.4, 0.5) is 17.1 Å². The lowest BCUT2D eigenvalue weighted by atomic mass is 10.2. The summed E-state index contributed by atoms with van der Waals surface area (Å²) in [6, 6.07) is 12.7. The third-order valence-corrected chi connectivity index (χ3v) is 5.72. The van der Waals surface area contributed by atoms with E-state index < -0.39 is 21.9 Å². The van der Waals surface area contributed by atoms with Crippen molar-refractivity contribution >= 4 is 39.0 Å². The first kappa shape index (κ1) is 20.2. The van der Waals surface area contributed by atoms with Crippen molar-refractivity contribution in [1.82, 2.24) is 0 Å². The minimum atomic E-state index is -3.96. The van der Waals surface area contributed by atoms with Gasteiger partial charge in [-0.15, -0.1) is 0 Å². The van der Waals surface area contributed by atoms with Gasteiger partial charge in [0, 0.05) is 18.7 Å². The van der Waals surface area contributed by atoms with Crippen molar-refractivity contribution in [2.75, 3.05) is 21.9 Å². The molecule has 0 fully saturated rings. The summed E-state index contributed by atoms with van der Waals surface area (Å²) in [6.07, 6.45) is -0.531. The average Bonchev–Trinajstić information content (AvgIpc) is 2.63. The molecular weight excluding hydrogens is 370 g/mol. The van der Waals surface area contributed by atoms with Gasteiger partial charge in [-0.25, -0.2) is 8.42 Å². The predicted molar refractivity (Wildman–Crippen MR) is 103 cm³/mol. The second-order valence-electron chi connectivity index (χ2n) is 5.70. The number of carboxylic acids is 1. The number of nitrogens with zero attached hydrogens (tertiary/aromatic N) is 1. The Hall–Kier alpha value is -3.07. The SMILES string of the molecule is CCN(c1ccccc1)S(=O)(=O)c1cc(NC(=O)CCC(=O)O)ccc1N. The van der Waals surface area contributed by atoms with Gasteiger partial charge in [-0.3, -0.25) is 13.9 Å². The van der Waals surface area contributed by atoms with E-state index in [9.17, 15) is 18.0 Å². The molecule has 2 aromatic rings. The van der Waals surface area contributed by atoms with E-state index in [1.54, 1.807) is 37.3 Å². The highest BCUT2D eigenvalue weighted by Crippen LogP contribution is 2.29. The Morgan fingerprint density at radius 1 is 1.11 bits per heavy atom. The molecule has 0 radical (unpaired) electrons. The molecule has 0 aliphatic rings. The Morgan fingerprint density at radius 2 is 1.78 bits per heavy atom. The fourth-order valence-corrected chi connectivity index (χ4v) is 4.10. The highest BCUT2D eigenvalue weighted by Gasteiger charge is 2.26. The van der Waals surface area contributed by atoms with Gasteiger partial charge < -0.3 is 16.2 Å². The first-order valence-electron chi connectivity index (χ1n) is 8.24. The molecule has 0 saturated heterocycles. The van der Waals surface area contributed by atoms with E-state index in [1.165, 1.54) is 22.5 Å². The zero-order chi connectivity index (χ0) is 20.0. The number of amides is 1. The van der Waals surface area contributed by atoms with Crippen molar-refractivity contribution in [3.05, 3.63) is 48.5 Å². The summed E-state index contributed by atoms with van der Waals surface area (Å²) in [7, 11) is -3.96. The number of aliphatic carboxylic acids is 1. The van der Waals surface area contributed by atoms with E-state index in [0.29, 0.717) is 5.69 Å². The normalized spacial score (nSPS) is 11.0. The van der Waals surface area contributed by atoms with Gasteiger partial charge in [-0.05, 0) is 37.3 Å². The van der Waals surface area contributed by atoms with Gasteiger partial charge in [0.1, 0.15) is 4.90 Å². The fourth-order valence-electron chi connectivity index (χ4n) is 2.48. The first-order chi connectivity index (χ1) is 12.8. The second-order valence-corrected chi connectivity index (χ2v) is 7.53. The molecule has 0 aromatic heterocycles. The van der Waals surface area contributed by atoms with Crippen LogP contribution in [0.25, 0.3) is 0 Å². The molecule has 0 atom stereocenters. The number of rotatable bonds is 8. The first-order valence-corrected chi connectivity index (χ1v) is 9.68. The maximum absolute atomic E-state index is 13.1. The number of carbonyl (C=O) groups is 2. The largest absolute Gasteiger partial charge is 0.481 e. The van der Waals surface area contributed by atoms with Gasteiger partial charge in [0.2, 0.25) is 5.91 Å². The molecule has 1 amide bonds. The molecule has 0 saturated carbocycles. The maximum atomic E-state index is 13.1. The molecule has 9 heteroatoms. The lowest BCUT2D eigenvalue weighted by Gasteiger charge is -2.24. The quantitative estimate of drug-likeness (QED) is 0.592. The molecule has 0 unspecified atom stereocenters. The summed E-state index contributed by atoms with van der Waals surface area (Å²) in [4.78, 5) is 22.2. The number of nitrogens with one attached hydrogen (secondary N) is 1.